The largest absolute Gasteiger partial charge is 0.548 e. The summed E-state index contributed by atoms with van der Waals surface area (Å²) in [5, 5.41) is 15.7. The Balaban J connectivity index is 1.55. The number of nitrogens with one attached hydrogen (secondary N) is 2. The molecule has 32 heavy (non-hydrogen) atoms. The number of hydrogen-bond acceptors (Lipinski definition) is 6. The van der Waals surface area contributed by atoms with Crippen LogP contribution >= 0.6 is 0 Å². The third-order valence-corrected chi connectivity index (χ3v) is 5.42. The molecule has 0 unspecified atom stereocenters. The van der Waals surface area contributed by atoms with Gasteiger partial charge in [0.15, 0.2) is 0 Å². The third-order valence-electron chi connectivity index (χ3n) is 5.42. The molecule has 2 aliphatic rings. The first kappa shape index (κ1) is 21.4. The minimum atomic E-state index is -1.45. The Morgan fingerprint density at radius 3 is 2.69 bits per heavy atom. The number of ether oxygens (including phenoxy) is 1. The fourth-order valence-corrected chi connectivity index (χ4v) is 4.03. The molecule has 0 radical (unpaired) electrons. The number of aliphatic carboxylic acids is 1. The van der Waals surface area contributed by atoms with Gasteiger partial charge in [0.2, 0.25) is 11.8 Å². The van der Waals surface area contributed by atoms with E-state index < -0.39 is 54.8 Å². The van der Waals surface area contributed by atoms with Crippen molar-refractivity contribution in [1.29, 1.82) is 0 Å². The van der Waals surface area contributed by atoms with Crippen LogP contribution in [-0.4, -0.2) is 60.4 Å². The zero-order valence-electron chi connectivity index (χ0n) is 16.8. The number of carboxylic acid groups (broad SMARTS) is 1. The first-order chi connectivity index (χ1) is 15.3. The minimum Gasteiger partial charge on any atom is -0.548 e. The number of hydrogen-bond donors (Lipinski definition) is 2. The average molecular weight is 440 g/mol. The van der Waals surface area contributed by atoms with Crippen LogP contribution in [0.25, 0.3) is 11.1 Å². The van der Waals surface area contributed by atoms with Crippen molar-refractivity contribution in [3.63, 3.8) is 0 Å². The molecule has 2 aromatic rings. The van der Waals surface area contributed by atoms with Gasteiger partial charge in [0.05, 0.1) is 29.9 Å². The summed E-state index contributed by atoms with van der Waals surface area (Å²) in [4.78, 5) is 49.9. The number of carboxylic acids is 1. The second-order valence-electron chi connectivity index (χ2n) is 7.50. The van der Waals surface area contributed by atoms with Gasteiger partial charge in [-0.05, 0) is 30.2 Å². The maximum atomic E-state index is 14.2. The van der Waals surface area contributed by atoms with Crippen molar-refractivity contribution in [2.24, 2.45) is 0 Å². The Hall–Kier alpha value is -3.79. The minimum absolute atomic E-state index is 0.227. The van der Waals surface area contributed by atoms with Gasteiger partial charge in [-0.2, -0.15) is 0 Å². The van der Waals surface area contributed by atoms with Crippen LogP contribution in [0.2, 0.25) is 0 Å². The average Bonchev–Trinajstić information content (AvgIpc) is 3.13. The topological polar surface area (TPSA) is 128 Å². The summed E-state index contributed by atoms with van der Waals surface area (Å²) in [7, 11) is 0. The molecule has 2 N–H and O–H groups in total. The lowest BCUT2D eigenvalue weighted by molar-refractivity contribution is -0.309. The SMILES string of the molecule is O=C([O-])COCC(=O)N[C@H]1CCN2C(=O)c3cc(-c4ccccc4F)ccc3NC(=O)[C@H]12. The zero-order chi connectivity index (χ0) is 22.8. The quantitative estimate of drug-likeness (QED) is 0.646. The van der Waals surface area contributed by atoms with Crippen LogP contribution in [0.15, 0.2) is 42.5 Å². The van der Waals surface area contributed by atoms with Gasteiger partial charge in [0.1, 0.15) is 18.5 Å². The van der Waals surface area contributed by atoms with Crippen LogP contribution in [-0.2, 0) is 19.1 Å². The molecule has 2 aromatic carbocycles. The summed E-state index contributed by atoms with van der Waals surface area (Å²) in [6.07, 6.45) is 0.332. The van der Waals surface area contributed by atoms with Crippen LogP contribution in [0, 0.1) is 5.82 Å². The molecule has 0 saturated carbocycles. The van der Waals surface area contributed by atoms with E-state index >= 15 is 0 Å². The fraction of sp³-hybridized carbons (Fsp3) is 0.273. The maximum Gasteiger partial charge on any atom is 0.256 e. The molecule has 3 amide bonds. The molecule has 1 saturated heterocycles. The van der Waals surface area contributed by atoms with Crippen molar-refractivity contribution in [1.82, 2.24) is 10.2 Å². The summed E-state index contributed by atoms with van der Waals surface area (Å²) in [6.45, 7) is -1.02. The van der Waals surface area contributed by atoms with Gasteiger partial charge in [-0.3, -0.25) is 14.4 Å². The van der Waals surface area contributed by atoms with E-state index in [9.17, 15) is 28.7 Å². The molecule has 1 fully saturated rings. The van der Waals surface area contributed by atoms with Gasteiger partial charge >= 0.3 is 0 Å². The van der Waals surface area contributed by atoms with Gasteiger partial charge in [0.25, 0.3) is 5.91 Å². The highest BCUT2D eigenvalue weighted by molar-refractivity contribution is 6.11. The summed E-state index contributed by atoms with van der Waals surface area (Å²) in [6, 6.07) is 9.28. The first-order valence-electron chi connectivity index (χ1n) is 9.93. The number of halogens is 1. The standard InChI is InChI=1S/C22H20FN3O6/c23-15-4-2-1-3-13(15)12-5-6-16-14(9-12)22(31)26-8-7-17(20(26)21(30)25-16)24-18(27)10-32-11-19(28)29/h1-6,9,17,20H,7-8,10-11H2,(H,24,27)(H,25,30)(H,28,29)/p-1/t17-,20-/m0/s1. The Labute approximate surface area is 182 Å². The van der Waals surface area contributed by atoms with Crippen molar-refractivity contribution in [2.45, 2.75) is 18.5 Å². The second-order valence-corrected chi connectivity index (χ2v) is 7.50. The molecule has 0 bridgehead atoms. The van der Waals surface area contributed by atoms with Crippen LogP contribution in [0.5, 0.6) is 0 Å². The van der Waals surface area contributed by atoms with Crippen molar-refractivity contribution in [2.75, 3.05) is 25.1 Å². The molecule has 0 aromatic heterocycles. The number of rotatable bonds is 6. The monoisotopic (exact) mass is 440 g/mol. The summed E-state index contributed by atoms with van der Waals surface area (Å²) >= 11 is 0. The van der Waals surface area contributed by atoms with Crippen LogP contribution in [0.4, 0.5) is 10.1 Å². The molecule has 2 heterocycles. The first-order valence-corrected chi connectivity index (χ1v) is 9.93. The third kappa shape index (κ3) is 4.17. The number of amides is 3. The van der Waals surface area contributed by atoms with E-state index in [1.165, 1.54) is 11.0 Å². The van der Waals surface area contributed by atoms with Gasteiger partial charge in [-0.1, -0.05) is 24.3 Å². The molecule has 166 valence electrons. The lowest BCUT2D eigenvalue weighted by Crippen LogP contribution is -2.52. The predicted molar refractivity (Wildman–Crippen MR) is 108 cm³/mol. The predicted octanol–water partition coefficient (Wildman–Crippen LogP) is -0.0894. The fourth-order valence-electron chi connectivity index (χ4n) is 4.03. The molecular formula is C22H19FN3O6-. The van der Waals surface area contributed by atoms with E-state index in [1.807, 2.05) is 0 Å². The summed E-state index contributed by atoms with van der Waals surface area (Å²) in [5.41, 5.74) is 1.36. The molecular weight excluding hydrogens is 421 g/mol. The molecule has 0 aliphatic carbocycles. The lowest BCUT2D eigenvalue weighted by Gasteiger charge is -2.25. The number of carbonyl (C=O) groups excluding carboxylic acids is 4. The van der Waals surface area contributed by atoms with E-state index in [0.29, 0.717) is 23.2 Å². The van der Waals surface area contributed by atoms with Crippen LogP contribution in [0.3, 0.4) is 0 Å². The number of benzene rings is 2. The van der Waals surface area contributed by atoms with Gasteiger partial charge in [-0.25, -0.2) is 4.39 Å². The highest BCUT2D eigenvalue weighted by Gasteiger charge is 2.45. The molecule has 2 aliphatic heterocycles. The smallest absolute Gasteiger partial charge is 0.256 e. The molecule has 2 atom stereocenters. The second kappa shape index (κ2) is 8.75. The van der Waals surface area contributed by atoms with Crippen molar-refractivity contribution < 1.29 is 33.4 Å². The normalized spacial score (nSPS) is 19.6. The van der Waals surface area contributed by atoms with E-state index in [0.717, 1.165) is 0 Å². The van der Waals surface area contributed by atoms with Gasteiger partial charge < -0.3 is 30.2 Å². The van der Waals surface area contributed by atoms with Crippen molar-refractivity contribution in [3.8, 4) is 11.1 Å². The molecule has 9 nitrogen and oxygen atoms in total. The Morgan fingerprint density at radius 1 is 1.16 bits per heavy atom. The van der Waals surface area contributed by atoms with E-state index in [4.69, 9.17) is 4.74 Å². The number of anilines is 1. The number of carbonyl (C=O) groups is 4. The highest BCUT2D eigenvalue weighted by Crippen LogP contribution is 2.33. The van der Waals surface area contributed by atoms with Crippen molar-refractivity contribution >= 4 is 29.4 Å². The highest BCUT2D eigenvalue weighted by atomic mass is 19.1. The lowest BCUT2D eigenvalue weighted by atomic mass is 10.0. The van der Waals surface area contributed by atoms with Gasteiger partial charge in [-0.15, -0.1) is 0 Å². The Kier molecular flexibility index (Phi) is 5.87. The van der Waals surface area contributed by atoms with E-state index in [1.54, 1.807) is 36.4 Å². The Morgan fingerprint density at radius 2 is 1.94 bits per heavy atom. The number of fused-ring (bicyclic) bond motifs is 2. The Bertz CT molecular complexity index is 1100. The van der Waals surface area contributed by atoms with Crippen molar-refractivity contribution in [3.05, 3.63) is 53.8 Å². The van der Waals surface area contributed by atoms with E-state index in [-0.39, 0.29) is 12.1 Å². The summed E-state index contributed by atoms with van der Waals surface area (Å²) < 4.78 is 18.9. The molecule has 4 rings (SSSR count). The molecule has 10 heteroatoms. The van der Waals surface area contributed by atoms with Crippen LogP contribution in [0.1, 0.15) is 16.8 Å². The van der Waals surface area contributed by atoms with Crippen LogP contribution < -0.4 is 15.7 Å². The maximum absolute atomic E-state index is 14.2. The molecule has 0 spiro atoms. The number of nitrogens with zero attached hydrogens (tertiary/aromatic N) is 1. The van der Waals surface area contributed by atoms with E-state index in [2.05, 4.69) is 10.6 Å². The zero-order valence-corrected chi connectivity index (χ0v) is 16.8. The summed E-state index contributed by atoms with van der Waals surface area (Å²) in [5.74, 6) is -3.37. The van der Waals surface area contributed by atoms with Gasteiger partial charge in [0, 0.05) is 12.1 Å².